The monoisotopic (exact) mass is 273 g/mol. The summed E-state index contributed by atoms with van der Waals surface area (Å²) in [5.41, 5.74) is -0.223. The van der Waals surface area contributed by atoms with Gasteiger partial charge in [0.05, 0.1) is 24.2 Å². The van der Waals surface area contributed by atoms with E-state index in [0.717, 1.165) is 0 Å². The molecule has 0 radical (unpaired) electrons. The summed E-state index contributed by atoms with van der Waals surface area (Å²) < 4.78 is 3.88. The SMILES string of the molecule is COC(=O)Cl.O=[N+]([O-])c1ccccc1/C=C/CO. The Morgan fingerprint density at radius 1 is 1.56 bits per heavy atom. The maximum absolute atomic E-state index is 10.5. The van der Waals surface area contributed by atoms with Crippen LogP contribution in [-0.2, 0) is 4.74 Å². The second-order valence-corrected chi connectivity index (χ2v) is 3.15. The van der Waals surface area contributed by atoms with Crippen molar-refractivity contribution in [2.75, 3.05) is 13.7 Å². The molecular weight excluding hydrogens is 262 g/mol. The normalized spacial score (nSPS) is 9.50. The lowest BCUT2D eigenvalue weighted by atomic mass is 10.1. The molecule has 0 bridgehead atoms. The predicted molar refractivity (Wildman–Crippen MR) is 67.5 cm³/mol. The van der Waals surface area contributed by atoms with Crippen LogP contribution >= 0.6 is 11.6 Å². The number of hydrogen-bond acceptors (Lipinski definition) is 5. The van der Waals surface area contributed by atoms with E-state index in [-0.39, 0.29) is 12.3 Å². The van der Waals surface area contributed by atoms with E-state index in [1.165, 1.54) is 25.3 Å². The molecule has 0 heterocycles. The highest BCUT2D eigenvalue weighted by Crippen LogP contribution is 2.18. The summed E-state index contributed by atoms with van der Waals surface area (Å²) in [5, 5.41) is 19.0. The van der Waals surface area contributed by atoms with Crippen molar-refractivity contribution in [2.45, 2.75) is 0 Å². The van der Waals surface area contributed by atoms with Crippen molar-refractivity contribution in [1.29, 1.82) is 0 Å². The van der Waals surface area contributed by atoms with Gasteiger partial charge in [-0.1, -0.05) is 18.2 Å². The maximum atomic E-state index is 10.5. The van der Waals surface area contributed by atoms with Crippen molar-refractivity contribution in [3.05, 3.63) is 46.0 Å². The molecule has 0 aromatic heterocycles. The number of aliphatic hydroxyl groups is 1. The summed E-state index contributed by atoms with van der Waals surface area (Å²) in [6.07, 6.45) is 2.99. The van der Waals surface area contributed by atoms with Crippen LogP contribution in [-0.4, -0.2) is 29.2 Å². The van der Waals surface area contributed by atoms with Crippen molar-refractivity contribution in [2.24, 2.45) is 0 Å². The van der Waals surface area contributed by atoms with Gasteiger partial charge in [0.1, 0.15) is 0 Å². The van der Waals surface area contributed by atoms with Gasteiger partial charge in [-0.05, 0) is 12.1 Å². The molecule has 0 saturated heterocycles. The van der Waals surface area contributed by atoms with Crippen molar-refractivity contribution in [1.82, 2.24) is 0 Å². The number of rotatable bonds is 3. The number of hydrogen-bond donors (Lipinski definition) is 1. The van der Waals surface area contributed by atoms with Gasteiger partial charge >= 0.3 is 5.43 Å². The van der Waals surface area contributed by atoms with Gasteiger partial charge in [-0.2, -0.15) is 0 Å². The number of ether oxygens (including phenoxy) is 1. The first-order chi connectivity index (χ1) is 8.52. The minimum absolute atomic E-state index is 0.0483. The van der Waals surface area contributed by atoms with Gasteiger partial charge in [0, 0.05) is 17.7 Å². The molecule has 1 rings (SSSR count). The number of nitro benzene ring substituents is 1. The smallest absolute Gasteiger partial charge is 0.403 e. The Morgan fingerprint density at radius 2 is 2.11 bits per heavy atom. The van der Waals surface area contributed by atoms with Crippen molar-refractivity contribution in [3.63, 3.8) is 0 Å². The van der Waals surface area contributed by atoms with Crippen LogP contribution < -0.4 is 0 Å². The van der Waals surface area contributed by atoms with Crippen LogP contribution in [0.2, 0.25) is 0 Å². The van der Waals surface area contributed by atoms with Crippen molar-refractivity contribution < 1.29 is 19.6 Å². The molecular formula is C11H12ClNO5. The van der Waals surface area contributed by atoms with Crippen LogP contribution in [0.15, 0.2) is 30.3 Å². The predicted octanol–water partition coefficient (Wildman–Crippen LogP) is 2.59. The second-order valence-electron chi connectivity index (χ2n) is 2.84. The van der Waals surface area contributed by atoms with Gasteiger partial charge in [0.25, 0.3) is 5.69 Å². The molecule has 0 unspecified atom stereocenters. The fourth-order valence-corrected chi connectivity index (χ4v) is 0.974. The quantitative estimate of drug-likeness (QED) is 0.519. The van der Waals surface area contributed by atoms with E-state index in [1.54, 1.807) is 18.2 Å². The molecule has 0 saturated carbocycles. The van der Waals surface area contributed by atoms with E-state index in [1.807, 2.05) is 0 Å². The van der Waals surface area contributed by atoms with Gasteiger partial charge in [0.15, 0.2) is 0 Å². The van der Waals surface area contributed by atoms with Crippen LogP contribution in [0.5, 0.6) is 0 Å². The van der Waals surface area contributed by atoms with Crippen LogP contribution in [0, 0.1) is 10.1 Å². The summed E-state index contributed by atoms with van der Waals surface area (Å²) >= 11 is 4.60. The van der Waals surface area contributed by atoms with Crippen molar-refractivity contribution in [3.8, 4) is 0 Å². The molecule has 1 aromatic carbocycles. The van der Waals surface area contributed by atoms with Crippen LogP contribution in [0.1, 0.15) is 5.56 Å². The molecule has 0 fully saturated rings. The van der Waals surface area contributed by atoms with Gasteiger partial charge in [-0.25, -0.2) is 4.79 Å². The third-order valence-electron chi connectivity index (χ3n) is 1.70. The summed E-state index contributed by atoms with van der Waals surface area (Å²) in [5.74, 6) is 0. The number of nitrogens with zero attached hydrogens (tertiary/aromatic N) is 1. The van der Waals surface area contributed by atoms with Gasteiger partial charge < -0.3 is 9.84 Å². The standard InChI is InChI=1S/C9H9NO3.C2H3ClO2/c11-7-3-5-8-4-1-2-6-9(8)10(12)13;1-5-2(3)4/h1-6,11H,7H2;1H3/b5-3+;. The highest BCUT2D eigenvalue weighted by atomic mass is 35.5. The molecule has 6 nitrogen and oxygen atoms in total. The zero-order valence-electron chi connectivity index (χ0n) is 9.58. The number of para-hydroxylation sites is 1. The lowest BCUT2D eigenvalue weighted by molar-refractivity contribution is -0.385. The molecule has 7 heteroatoms. The first-order valence-corrected chi connectivity index (χ1v) is 5.15. The zero-order valence-corrected chi connectivity index (χ0v) is 10.3. The first kappa shape index (κ1) is 16.1. The van der Waals surface area contributed by atoms with Crippen LogP contribution in [0.25, 0.3) is 6.08 Å². The lowest BCUT2D eigenvalue weighted by Gasteiger charge is -1.95. The first-order valence-electron chi connectivity index (χ1n) is 4.77. The summed E-state index contributed by atoms with van der Waals surface area (Å²) in [6, 6.07) is 6.37. The number of benzene rings is 1. The van der Waals surface area contributed by atoms with E-state index < -0.39 is 10.4 Å². The third kappa shape index (κ3) is 6.62. The Morgan fingerprint density at radius 3 is 2.56 bits per heavy atom. The molecule has 0 amide bonds. The highest BCUT2D eigenvalue weighted by Gasteiger charge is 2.08. The Kier molecular flexibility index (Phi) is 8.17. The Balaban J connectivity index is 0.000000494. The van der Waals surface area contributed by atoms with E-state index in [4.69, 9.17) is 5.11 Å². The number of methoxy groups -OCH3 is 1. The van der Waals surface area contributed by atoms with E-state index >= 15 is 0 Å². The molecule has 0 aliphatic heterocycles. The summed E-state index contributed by atoms with van der Waals surface area (Å²) in [7, 11) is 1.22. The average molecular weight is 274 g/mol. The molecule has 98 valence electrons. The molecule has 0 aliphatic rings. The van der Waals surface area contributed by atoms with Gasteiger partial charge in [0.2, 0.25) is 0 Å². The minimum atomic E-state index is -0.773. The molecule has 1 N–H and O–H groups in total. The number of carbonyl (C=O) groups is 1. The largest absolute Gasteiger partial charge is 0.457 e. The fraction of sp³-hybridized carbons (Fsp3) is 0.182. The number of carbonyl (C=O) groups excluding carboxylic acids is 1. The number of nitro groups is 1. The summed E-state index contributed by atoms with van der Waals surface area (Å²) in [4.78, 5) is 19.4. The van der Waals surface area contributed by atoms with Crippen LogP contribution in [0.4, 0.5) is 10.5 Å². The molecule has 0 spiro atoms. The van der Waals surface area contributed by atoms with E-state index in [0.29, 0.717) is 5.56 Å². The summed E-state index contributed by atoms with van der Waals surface area (Å²) in [6.45, 7) is -0.119. The van der Waals surface area contributed by atoms with Gasteiger partial charge in [-0.3, -0.25) is 10.1 Å². The molecule has 18 heavy (non-hydrogen) atoms. The second kappa shape index (κ2) is 9.15. The van der Waals surface area contributed by atoms with Crippen LogP contribution in [0.3, 0.4) is 0 Å². The highest BCUT2D eigenvalue weighted by molar-refractivity contribution is 6.61. The van der Waals surface area contributed by atoms with E-state index in [2.05, 4.69) is 16.3 Å². The Bertz CT molecular complexity index is 433. The Labute approximate surface area is 109 Å². The Hall–Kier alpha value is -1.92. The topological polar surface area (TPSA) is 89.7 Å². The van der Waals surface area contributed by atoms with Crippen molar-refractivity contribution >= 4 is 28.8 Å². The molecule has 0 atom stereocenters. The minimum Gasteiger partial charge on any atom is -0.457 e. The lowest BCUT2D eigenvalue weighted by Crippen LogP contribution is -1.90. The number of halogens is 1. The number of aliphatic hydroxyl groups excluding tert-OH is 1. The van der Waals surface area contributed by atoms with Gasteiger partial charge in [-0.15, -0.1) is 0 Å². The maximum Gasteiger partial charge on any atom is 0.403 e. The average Bonchev–Trinajstić information content (AvgIpc) is 2.37. The fourth-order valence-electron chi connectivity index (χ4n) is 0.974. The van der Waals surface area contributed by atoms with E-state index in [9.17, 15) is 14.9 Å². The molecule has 0 aliphatic carbocycles. The molecule has 1 aromatic rings. The third-order valence-corrected chi connectivity index (χ3v) is 1.85. The zero-order chi connectivity index (χ0) is 14.0.